The van der Waals surface area contributed by atoms with Gasteiger partial charge in [0, 0.05) is 10.7 Å². The van der Waals surface area contributed by atoms with Crippen LogP contribution in [-0.2, 0) is 9.53 Å². The largest absolute Gasteiger partial charge is 0.462 e. The molecular formula is C30H51BrO2. The molecule has 0 aromatic rings. The van der Waals surface area contributed by atoms with Crippen LogP contribution in [0.1, 0.15) is 118 Å². The summed E-state index contributed by atoms with van der Waals surface area (Å²) in [6, 6.07) is 0. The van der Waals surface area contributed by atoms with Crippen molar-refractivity contribution in [3.63, 3.8) is 0 Å². The SMILES string of the molecule is CC(C)CCC[C@H](C)[C@@H]1CC[C@H]2[C@H]3CC[C@H]4CCCC(OC(=O)CCBr)[C@]4(C)[C@H]3CC[C@@]21C. The smallest absolute Gasteiger partial charge is 0.306 e. The molecule has 0 amide bonds. The lowest BCUT2D eigenvalue weighted by atomic mass is 9.44. The van der Waals surface area contributed by atoms with Gasteiger partial charge in [0.2, 0.25) is 0 Å². The summed E-state index contributed by atoms with van der Waals surface area (Å²) in [4.78, 5) is 12.5. The highest BCUT2D eigenvalue weighted by Crippen LogP contribution is 2.68. The van der Waals surface area contributed by atoms with Crippen LogP contribution in [0.3, 0.4) is 0 Å². The third-order valence-corrected chi connectivity index (χ3v) is 11.8. The topological polar surface area (TPSA) is 26.3 Å². The lowest BCUT2D eigenvalue weighted by Crippen LogP contribution is -2.58. The maximum Gasteiger partial charge on any atom is 0.306 e. The van der Waals surface area contributed by atoms with E-state index in [0.29, 0.717) is 17.2 Å². The van der Waals surface area contributed by atoms with Gasteiger partial charge in [-0.15, -0.1) is 0 Å². The molecule has 0 heterocycles. The molecule has 190 valence electrons. The van der Waals surface area contributed by atoms with Gasteiger partial charge in [-0.05, 0) is 105 Å². The van der Waals surface area contributed by atoms with E-state index in [0.717, 1.165) is 47.8 Å². The first kappa shape index (κ1) is 26.0. The Morgan fingerprint density at radius 2 is 1.76 bits per heavy atom. The van der Waals surface area contributed by atoms with Crippen LogP contribution in [0.2, 0.25) is 0 Å². The Morgan fingerprint density at radius 1 is 0.970 bits per heavy atom. The van der Waals surface area contributed by atoms with Crippen LogP contribution in [-0.4, -0.2) is 17.4 Å². The monoisotopic (exact) mass is 522 g/mol. The summed E-state index contributed by atoms with van der Waals surface area (Å²) in [7, 11) is 0. The maximum absolute atomic E-state index is 12.5. The number of carbonyl (C=O) groups is 1. The third-order valence-electron chi connectivity index (χ3n) is 11.5. The number of esters is 1. The summed E-state index contributed by atoms with van der Waals surface area (Å²) in [5, 5.41) is 0.710. The summed E-state index contributed by atoms with van der Waals surface area (Å²) < 4.78 is 6.24. The van der Waals surface area contributed by atoms with Gasteiger partial charge in [-0.2, -0.15) is 0 Å². The molecule has 9 atom stereocenters. The normalized spacial score (nSPS) is 43.5. The number of halogens is 1. The van der Waals surface area contributed by atoms with Crippen molar-refractivity contribution in [2.45, 2.75) is 124 Å². The van der Waals surface area contributed by atoms with Gasteiger partial charge in [0.05, 0.1) is 6.42 Å². The van der Waals surface area contributed by atoms with Gasteiger partial charge >= 0.3 is 5.97 Å². The predicted octanol–water partition coefficient (Wildman–Crippen LogP) is 8.80. The molecule has 33 heavy (non-hydrogen) atoms. The number of alkyl halides is 1. The number of hydrogen-bond acceptors (Lipinski definition) is 2. The van der Waals surface area contributed by atoms with Crippen LogP contribution < -0.4 is 0 Å². The fraction of sp³-hybridized carbons (Fsp3) is 0.967. The molecule has 4 saturated carbocycles. The van der Waals surface area contributed by atoms with E-state index in [1.165, 1.54) is 70.6 Å². The van der Waals surface area contributed by atoms with E-state index >= 15 is 0 Å². The molecule has 2 nitrogen and oxygen atoms in total. The summed E-state index contributed by atoms with van der Waals surface area (Å²) in [6.45, 7) is 12.5. The average molecular weight is 524 g/mol. The van der Waals surface area contributed by atoms with Gasteiger partial charge in [0.15, 0.2) is 0 Å². The Kier molecular flexibility index (Phi) is 8.29. The number of hydrogen-bond donors (Lipinski definition) is 0. The molecule has 4 rings (SSSR count). The standard InChI is InChI=1S/C30H51BrO2/c1-20(2)8-6-9-21(3)24-14-15-25-23-13-12-22-10-7-11-27(33-28(32)17-19-31)30(22,5)26(23)16-18-29(24,25)4/h20-27H,6-19H2,1-5H3/t21-,22+,23+,24-,25-,26-,27?,29+,30-/m0/s1. The number of rotatable bonds is 8. The first-order valence-electron chi connectivity index (χ1n) is 14.5. The second kappa shape index (κ2) is 10.5. The Hall–Kier alpha value is -0.0500. The van der Waals surface area contributed by atoms with E-state index in [-0.39, 0.29) is 17.5 Å². The molecule has 4 aliphatic carbocycles. The Morgan fingerprint density at radius 3 is 2.48 bits per heavy atom. The van der Waals surface area contributed by atoms with Crippen LogP contribution in [0.25, 0.3) is 0 Å². The lowest BCUT2D eigenvalue weighted by Gasteiger charge is -2.62. The summed E-state index contributed by atoms with van der Waals surface area (Å²) >= 11 is 3.43. The molecule has 0 radical (unpaired) electrons. The predicted molar refractivity (Wildman–Crippen MR) is 141 cm³/mol. The molecule has 0 aromatic carbocycles. The fourth-order valence-corrected chi connectivity index (χ4v) is 10.1. The fourth-order valence-electron chi connectivity index (χ4n) is 9.79. The van der Waals surface area contributed by atoms with Crippen molar-refractivity contribution in [3.8, 4) is 0 Å². The summed E-state index contributed by atoms with van der Waals surface area (Å²) in [5.41, 5.74) is 0.740. The summed E-state index contributed by atoms with van der Waals surface area (Å²) in [5.74, 6) is 5.90. The number of fused-ring (bicyclic) bond motifs is 5. The molecule has 0 aromatic heterocycles. The Bertz CT molecular complexity index is 676. The van der Waals surface area contributed by atoms with Gasteiger partial charge in [-0.25, -0.2) is 0 Å². The maximum atomic E-state index is 12.5. The molecule has 0 aliphatic heterocycles. The van der Waals surface area contributed by atoms with Crippen molar-refractivity contribution < 1.29 is 9.53 Å². The zero-order chi connectivity index (χ0) is 23.8. The number of ether oxygens (including phenoxy) is 1. The highest BCUT2D eigenvalue weighted by atomic mass is 79.9. The first-order chi connectivity index (χ1) is 15.7. The van der Waals surface area contributed by atoms with Crippen LogP contribution in [0.4, 0.5) is 0 Å². The van der Waals surface area contributed by atoms with Crippen molar-refractivity contribution in [1.82, 2.24) is 0 Å². The minimum atomic E-state index is 0.0117. The van der Waals surface area contributed by atoms with E-state index in [2.05, 4.69) is 50.5 Å². The molecule has 0 saturated heterocycles. The van der Waals surface area contributed by atoms with Gasteiger partial charge in [0.1, 0.15) is 6.10 Å². The summed E-state index contributed by atoms with van der Waals surface area (Å²) in [6.07, 6.45) is 17.0. The van der Waals surface area contributed by atoms with Gasteiger partial charge in [-0.1, -0.05) is 69.8 Å². The Balaban J connectivity index is 1.50. The number of carbonyl (C=O) groups excluding carboxylic acids is 1. The lowest BCUT2D eigenvalue weighted by molar-refractivity contribution is -0.191. The average Bonchev–Trinajstić information content (AvgIpc) is 3.11. The second-order valence-corrected chi connectivity index (χ2v) is 14.2. The highest BCUT2D eigenvalue weighted by molar-refractivity contribution is 9.09. The van der Waals surface area contributed by atoms with Crippen LogP contribution in [0, 0.1) is 52.3 Å². The van der Waals surface area contributed by atoms with Crippen LogP contribution >= 0.6 is 15.9 Å². The van der Waals surface area contributed by atoms with Crippen molar-refractivity contribution in [3.05, 3.63) is 0 Å². The van der Waals surface area contributed by atoms with E-state index in [9.17, 15) is 4.79 Å². The molecular weight excluding hydrogens is 472 g/mol. The van der Waals surface area contributed by atoms with Gasteiger partial charge in [-0.3, -0.25) is 4.79 Å². The third kappa shape index (κ3) is 4.84. The minimum absolute atomic E-state index is 0.0117. The molecule has 3 heteroatoms. The van der Waals surface area contributed by atoms with Crippen LogP contribution in [0.15, 0.2) is 0 Å². The van der Waals surface area contributed by atoms with Crippen LogP contribution in [0.5, 0.6) is 0 Å². The van der Waals surface area contributed by atoms with E-state index in [1.807, 2.05) is 0 Å². The first-order valence-corrected chi connectivity index (χ1v) is 15.6. The van der Waals surface area contributed by atoms with E-state index in [4.69, 9.17) is 4.74 Å². The zero-order valence-electron chi connectivity index (χ0n) is 22.2. The molecule has 4 fully saturated rings. The van der Waals surface area contributed by atoms with Gasteiger partial charge in [0.25, 0.3) is 0 Å². The second-order valence-electron chi connectivity index (χ2n) is 13.4. The molecule has 1 unspecified atom stereocenters. The van der Waals surface area contributed by atoms with E-state index < -0.39 is 0 Å². The highest BCUT2D eigenvalue weighted by Gasteiger charge is 2.62. The quantitative estimate of drug-likeness (QED) is 0.235. The van der Waals surface area contributed by atoms with E-state index in [1.54, 1.807) is 0 Å². The Labute approximate surface area is 212 Å². The molecule has 0 bridgehead atoms. The van der Waals surface area contributed by atoms with Crippen molar-refractivity contribution in [2.24, 2.45) is 52.3 Å². The van der Waals surface area contributed by atoms with Crippen molar-refractivity contribution in [1.29, 1.82) is 0 Å². The van der Waals surface area contributed by atoms with Crippen molar-refractivity contribution in [2.75, 3.05) is 5.33 Å². The molecule has 0 N–H and O–H groups in total. The van der Waals surface area contributed by atoms with Gasteiger partial charge < -0.3 is 4.74 Å². The zero-order valence-corrected chi connectivity index (χ0v) is 23.8. The molecule has 0 spiro atoms. The molecule has 4 aliphatic rings. The minimum Gasteiger partial charge on any atom is -0.462 e. The van der Waals surface area contributed by atoms with Crippen molar-refractivity contribution >= 4 is 21.9 Å².